The number of aryl methyl sites for hydroxylation is 2. The second kappa shape index (κ2) is 5.49. The van der Waals surface area contributed by atoms with E-state index in [1.807, 2.05) is 32.0 Å². The third kappa shape index (κ3) is 3.47. The number of nitrogen functional groups attached to an aromatic ring is 1. The van der Waals surface area contributed by atoms with Crippen molar-refractivity contribution < 1.29 is 13.2 Å². The summed E-state index contributed by atoms with van der Waals surface area (Å²) >= 11 is 0. The van der Waals surface area contributed by atoms with E-state index in [9.17, 15) is 8.42 Å². The lowest BCUT2D eigenvalue weighted by Gasteiger charge is -2.07. The van der Waals surface area contributed by atoms with Gasteiger partial charge in [0.25, 0.3) is 0 Å². The number of nitrogens with one attached hydrogen (secondary N) is 1. The number of nitrogens with two attached hydrogens (primary N) is 1. The van der Waals surface area contributed by atoms with Gasteiger partial charge >= 0.3 is 0 Å². The van der Waals surface area contributed by atoms with Crippen LogP contribution in [0.1, 0.15) is 11.1 Å². The Bertz CT molecular complexity index is 689. The molecule has 0 saturated heterocycles. The average Bonchev–Trinajstić information content (AvgIpc) is 2.75. The molecule has 0 aliphatic carbocycles. The normalized spacial score (nSPS) is 11.5. The van der Waals surface area contributed by atoms with Gasteiger partial charge in [-0.1, -0.05) is 6.07 Å². The number of aromatic amines is 1. The van der Waals surface area contributed by atoms with E-state index in [0.29, 0.717) is 5.75 Å². The monoisotopic (exact) mass is 296 g/mol. The molecule has 7 nitrogen and oxygen atoms in total. The van der Waals surface area contributed by atoms with E-state index in [4.69, 9.17) is 10.5 Å². The van der Waals surface area contributed by atoms with E-state index >= 15 is 0 Å². The van der Waals surface area contributed by atoms with Crippen LogP contribution in [-0.2, 0) is 9.84 Å². The van der Waals surface area contributed by atoms with E-state index in [-0.39, 0.29) is 23.5 Å². The predicted molar refractivity (Wildman–Crippen MR) is 74.3 cm³/mol. The molecule has 0 radical (unpaired) electrons. The van der Waals surface area contributed by atoms with Gasteiger partial charge in [0, 0.05) is 0 Å². The minimum atomic E-state index is -3.56. The summed E-state index contributed by atoms with van der Waals surface area (Å²) in [6, 6.07) is 5.72. The Morgan fingerprint density at radius 1 is 1.25 bits per heavy atom. The standard InChI is InChI=1S/C12H16N4O3S/c1-8-5-9(2)7-10(6-8)19-3-4-20(17,18)12-14-11(13)15-16-12/h5-7H,3-4H2,1-2H3,(H3,13,14,15,16). The number of hydrogen-bond donors (Lipinski definition) is 2. The Morgan fingerprint density at radius 3 is 2.45 bits per heavy atom. The minimum absolute atomic E-state index is 0.0336. The molecular weight excluding hydrogens is 280 g/mol. The maximum absolute atomic E-state index is 11.9. The van der Waals surface area contributed by atoms with Crippen LogP contribution in [-0.4, -0.2) is 36.0 Å². The molecule has 3 N–H and O–H groups in total. The van der Waals surface area contributed by atoms with Crippen molar-refractivity contribution in [3.63, 3.8) is 0 Å². The molecule has 108 valence electrons. The van der Waals surface area contributed by atoms with E-state index in [0.717, 1.165) is 11.1 Å². The molecule has 0 saturated carbocycles. The number of nitrogens with zero attached hydrogens (tertiary/aromatic N) is 2. The molecule has 0 aliphatic rings. The van der Waals surface area contributed by atoms with Gasteiger partial charge in [0.1, 0.15) is 12.4 Å². The third-order valence-corrected chi connectivity index (χ3v) is 4.07. The summed E-state index contributed by atoms with van der Waals surface area (Å²) in [5, 5.41) is 5.54. The quantitative estimate of drug-likeness (QED) is 0.846. The van der Waals surface area contributed by atoms with Crippen molar-refractivity contribution in [2.24, 2.45) is 0 Å². The van der Waals surface area contributed by atoms with Crippen molar-refractivity contribution in [1.82, 2.24) is 15.2 Å². The predicted octanol–water partition coefficient (Wildman–Crippen LogP) is 0.856. The molecule has 2 rings (SSSR count). The number of hydrogen-bond acceptors (Lipinski definition) is 6. The van der Waals surface area contributed by atoms with Crippen LogP contribution >= 0.6 is 0 Å². The zero-order chi connectivity index (χ0) is 14.8. The van der Waals surface area contributed by atoms with Crippen LogP contribution in [0.3, 0.4) is 0 Å². The van der Waals surface area contributed by atoms with Gasteiger partial charge in [-0.05, 0) is 37.1 Å². The Hall–Kier alpha value is -2.09. The number of anilines is 1. The number of rotatable bonds is 5. The highest BCUT2D eigenvalue weighted by Gasteiger charge is 2.19. The Morgan fingerprint density at radius 2 is 1.90 bits per heavy atom. The average molecular weight is 296 g/mol. The van der Waals surface area contributed by atoms with Crippen molar-refractivity contribution in [3.05, 3.63) is 29.3 Å². The zero-order valence-corrected chi connectivity index (χ0v) is 12.1. The van der Waals surface area contributed by atoms with Crippen LogP contribution in [0.25, 0.3) is 0 Å². The van der Waals surface area contributed by atoms with Crippen LogP contribution in [0.15, 0.2) is 23.4 Å². The van der Waals surface area contributed by atoms with Gasteiger partial charge in [-0.25, -0.2) is 13.5 Å². The van der Waals surface area contributed by atoms with Crippen molar-refractivity contribution in [2.45, 2.75) is 19.0 Å². The highest BCUT2D eigenvalue weighted by molar-refractivity contribution is 7.91. The van der Waals surface area contributed by atoms with Crippen LogP contribution in [0.5, 0.6) is 5.75 Å². The second-order valence-electron chi connectivity index (χ2n) is 4.49. The number of sulfone groups is 1. The molecule has 0 amide bonds. The number of H-pyrrole nitrogens is 1. The summed E-state index contributed by atoms with van der Waals surface area (Å²) in [6.07, 6.45) is 0. The summed E-state index contributed by atoms with van der Waals surface area (Å²) in [5.74, 6) is 0.350. The van der Waals surface area contributed by atoms with E-state index < -0.39 is 9.84 Å². The van der Waals surface area contributed by atoms with Gasteiger partial charge in [-0.15, -0.1) is 5.10 Å². The summed E-state index contributed by atoms with van der Waals surface area (Å²) in [7, 11) is -3.56. The molecule has 1 heterocycles. The summed E-state index contributed by atoms with van der Waals surface area (Å²) in [6.45, 7) is 3.94. The highest BCUT2D eigenvalue weighted by Crippen LogP contribution is 2.16. The lowest BCUT2D eigenvalue weighted by atomic mass is 10.1. The fourth-order valence-corrected chi connectivity index (χ4v) is 2.69. The van der Waals surface area contributed by atoms with Crippen LogP contribution in [0, 0.1) is 13.8 Å². The number of benzene rings is 1. The first-order chi connectivity index (χ1) is 9.37. The molecule has 2 aromatic rings. The van der Waals surface area contributed by atoms with E-state index in [1.54, 1.807) is 0 Å². The smallest absolute Gasteiger partial charge is 0.244 e. The largest absolute Gasteiger partial charge is 0.493 e. The molecule has 0 fully saturated rings. The van der Waals surface area contributed by atoms with E-state index in [2.05, 4.69) is 15.2 Å². The van der Waals surface area contributed by atoms with Gasteiger partial charge in [-0.2, -0.15) is 4.98 Å². The number of ether oxygens (including phenoxy) is 1. The Kier molecular flexibility index (Phi) is 3.93. The Labute approximate surface area is 117 Å². The van der Waals surface area contributed by atoms with Gasteiger partial charge in [-0.3, -0.25) is 0 Å². The maximum atomic E-state index is 11.9. The molecule has 0 atom stereocenters. The molecule has 0 spiro atoms. The van der Waals surface area contributed by atoms with Crippen LogP contribution in [0.2, 0.25) is 0 Å². The van der Waals surface area contributed by atoms with Gasteiger partial charge in [0.2, 0.25) is 20.9 Å². The summed E-state index contributed by atoms with van der Waals surface area (Å²) in [5.41, 5.74) is 7.40. The maximum Gasteiger partial charge on any atom is 0.244 e. The lowest BCUT2D eigenvalue weighted by Crippen LogP contribution is -2.15. The lowest BCUT2D eigenvalue weighted by molar-refractivity contribution is 0.340. The fourth-order valence-electron chi connectivity index (χ4n) is 1.78. The van der Waals surface area contributed by atoms with Crippen molar-refractivity contribution in [1.29, 1.82) is 0 Å². The zero-order valence-electron chi connectivity index (χ0n) is 11.3. The van der Waals surface area contributed by atoms with Gasteiger partial charge in [0.15, 0.2) is 0 Å². The minimum Gasteiger partial charge on any atom is -0.493 e. The highest BCUT2D eigenvalue weighted by atomic mass is 32.2. The molecule has 0 unspecified atom stereocenters. The third-order valence-electron chi connectivity index (χ3n) is 2.59. The molecule has 0 bridgehead atoms. The molecule has 8 heteroatoms. The Balaban J connectivity index is 1.99. The SMILES string of the molecule is Cc1cc(C)cc(OCCS(=O)(=O)c2nc(N)n[nH]2)c1. The fraction of sp³-hybridized carbons (Fsp3) is 0.333. The molecule has 1 aromatic carbocycles. The molecule has 1 aromatic heterocycles. The van der Waals surface area contributed by atoms with Gasteiger partial charge < -0.3 is 10.5 Å². The van der Waals surface area contributed by atoms with Crippen molar-refractivity contribution >= 4 is 15.8 Å². The first-order valence-electron chi connectivity index (χ1n) is 5.98. The molecular formula is C12H16N4O3S. The first-order valence-corrected chi connectivity index (χ1v) is 7.64. The second-order valence-corrected chi connectivity index (χ2v) is 6.51. The molecule has 0 aliphatic heterocycles. The summed E-state index contributed by atoms with van der Waals surface area (Å²) in [4.78, 5) is 3.60. The van der Waals surface area contributed by atoms with Crippen molar-refractivity contribution in [3.8, 4) is 5.75 Å². The number of aromatic nitrogens is 3. The van der Waals surface area contributed by atoms with E-state index in [1.165, 1.54) is 0 Å². The first kappa shape index (κ1) is 14.3. The van der Waals surface area contributed by atoms with Crippen LogP contribution in [0.4, 0.5) is 5.95 Å². The van der Waals surface area contributed by atoms with Crippen molar-refractivity contribution in [2.75, 3.05) is 18.1 Å². The van der Waals surface area contributed by atoms with Gasteiger partial charge in [0.05, 0.1) is 5.75 Å². The summed E-state index contributed by atoms with van der Waals surface area (Å²) < 4.78 is 29.3. The molecule has 20 heavy (non-hydrogen) atoms. The van der Waals surface area contributed by atoms with Crippen LogP contribution < -0.4 is 10.5 Å². The topological polar surface area (TPSA) is 111 Å².